The van der Waals surface area contributed by atoms with E-state index >= 15 is 0 Å². The summed E-state index contributed by atoms with van der Waals surface area (Å²) in [5, 5.41) is 3.40. The van der Waals surface area contributed by atoms with Crippen LogP contribution in [-0.4, -0.2) is 21.1 Å². The fourth-order valence-corrected chi connectivity index (χ4v) is 3.34. The van der Waals surface area contributed by atoms with E-state index in [2.05, 4.69) is 5.32 Å². The van der Waals surface area contributed by atoms with Gasteiger partial charge < -0.3 is 5.32 Å². The number of aromatic nitrogens is 2. The second kappa shape index (κ2) is 8.25. The van der Waals surface area contributed by atoms with Crippen LogP contribution in [0.15, 0.2) is 64.2 Å². The van der Waals surface area contributed by atoms with Crippen molar-refractivity contribution in [2.45, 2.75) is 45.8 Å². The molecular formula is C22H25N3O3. The molecule has 3 rings (SSSR count). The van der Waals surface area contributed by atoms with Crippen LogP contribution in [0.3, 0.4) is 0 Å². The van der Waals surface area contributed by atoms with E-state index < -0.39 is 11.7 Å². The molecule has 1 aromatic heterocycles. The summed E-state index contributed by atoms with van der Waals surface area (Å²) in [6.07, 6.45) is 0.775. The largest absolute Gasteiger partial charge is 0.352 e. The van der Waals surface area contributed by atoms with Crippen molar-refractivity contribution in [2.24, 2.45) is 0 Å². The summed E-state index contributed by atoms with van der Waals surface area (Å²) in [6, 6.07) is 15.2. The first-order valence-corrected chi connectivity index (χ1v) is 9.59. The lowest BCUT2D eigenvalue weighted by Crippen LogP contribution is -2.46. The van der Waals surface area contributed by atoms with E-state index in [1.165, 1.54) is 9.13 Å². The predicted molar refractivity (Wildman–Crippen MR) is 111 cm³/mol. The Hall–Kier alpha value is -3.15. The third kappa shape index (κ3) is 3.50. The van der Waals surface area contributed by atoms with E-state index in [0.717, 1.165) is 6.42 Å². The average molecular weight is 379 g/mol. The third-order valence-electron chi connectivity index (χ3n) is 5.02. The van der Waals surface area contributed by atoms with Crippen LogP contribution in [0.2, 0.25) is 0 Å². The van der Waals surface area contributed by atoms with Crippen molar-refractivity contribution in [3.63, 3.8) is 0 Å². The normalized spacial score (nSPS) is 13.2. The van der Waals surface area contributed by atoms with Gasteiger partial charge in [-0.1, -0.05) is 49.4 Å². The van der Waals surface area contributed by atoms with Gasteiger partial charge in [-0.2, -0.15) is 0 Å². The molecule has 3 aromatic rings. The van der Waals surface area contributed by atoms with Gasteiger partial charge in [0.05, 0.1) is 10.9 Å². The molecule has 0 aliphatic heterocycles. The zero-order chi connectivity index (χ0) is 20.3. The molecule has 0 radical (unpaired) electrons. The lowest BCUT2D eigenvalue weighted by atomic mass is 10.0. The lowest BCUT2D eigenvalue weighted by Gasteiger charge is -2.24. The maximum Gasteiger partial charge on any atom is 0.332 e. The third-order valence-corrected chi connectivity index (χ3v) is 5.02. The van der Waals surface area contributed by atoms with E-state index in [1.807, 2.05) is 44.2 Å². The highest BCUT2D eigenvalue weighted by Crippen LogP contribution is 2.21. The average Bonchev–Trinajstić information content (AvgIpc) is 2.72. The first-order valence-electron chi connectivity index (χ1n) is 9.59. The highest BCUT2D eigenvalue weighted by atomic mass is 16.2. The minimum atomic E-state index is -0.869. The molecule has 0 fully saturated rings. The standard InChI is InChI=1S/C22H25N3O3/c1-4-15(3)23-20(26)19(16-11-7-6-8-12-16)25-18-14-10-9-13-17(18)21(27)24(5-2)22(25)28/h6-15,19H,4-5H2,1-3H3,(H,23,26)/t15-,19+/m0/s1. The zero-order valence-corrected chi connectivity index (χ0v) is 16.4. The first-order chi connectivity index (χ1) is 13.5. The van der Waals surface area contributed by atoms with Crippen LogP contribution in [0.4, 0.5) is 0 Å². The summed E-state index contributed by atoms with van der Waals surface area (Å²) in [5.74, 6) is -0.269. The number of fused-ring (bicyclic) bond motifs is 1. The van der Waals surface area contributed by atoms with Gasteiger partial charge in [-0.05, 0) is 38.0 Å². The fraction of sp³-hybridized carbons (Fsp3) is 0.318. The van der Waals surface area contributed by atoms with Crippen LogP contribution in [0.5, 0.6) is 0 Å². The summed E-state index contributed by atoms with van der Waals surface area (Å²) >= 11 is 0. The first kappa shape index (κ1) is 19.6. The van der Waals surface area contributed by atoms with Crippen LogP contribution >= 0.6 is 0 Å². The lowest BCUT2D eigenvalue weighted by molar-refractivity contribution is -0.123. The number of rotatable bonds is 6. The highest BCUT2D eigenvalue weighted by molar-refractivity contribution is 5.87. The molecule has 2 aromatic carbocycles. The number of hydrogen-bond acceptors (Lipinski definition) is 3. The summed E-state index contributed by atoms with van der Waals surface area (Å²) < 4.78 is 2.61. The number of nitrogens with one attached hydrogen (secondary N) is 1. The molecule has 0 bridgehead atoms. The molecule has 0 saturated carbocycles. The van der Waals surface area contributed by atoms with Crippen molar-refractivity contribution in [1.82, 2.24) is 14.5 Å². The Kier molecular flexibility index (Phi) is 5.78. The maximum atomic E-state index is 13.3. The Bertz CT molecular complexity index is 1100. The van der Waals surface area contributed by atoms with Gasteiger partial charge in [0, 0.05) is 12.6 Å². The topological polar surface area (TPSA) is 73.1 Å². The Morgan fingerprint density at radius 2 is 1.64 bits per heavy atom. The van der Waals surface area contributed by atoms with E-state index in [-0.39, 0.29) is 24.1 Å². The van der Waals surface area contributed by atoms with Gasteiger partial charge in [0.15, 0.2) is 0 Å². The van der Waals surface area contributed by atoms with Crippen molar-refractivity contribution in [1.29, 1.82) is 0 Å². The number of hydrogen-bond donors (Lipinski definition) is 1. The molecule has 0 aliphatic carbocycles. The van der Waals surface area contributed by atoms with Gasteiger partial charge in [-0.15, -0.1) is 0 Å². The molecule has 0 spiro atoms. The zero-order valence-electron chi connectivity index (χ0n) is 16.4. The summed E-state index contributed by atoms with van der Waals surface area (Å²) in [6.45, 7) is 5.89. The Morgan fingerprint density at radius 1 is 1.00 bits per heavy atom. The maximum absolute atomic E-state index is 13.3. The van der Waals surface area contributed by atoms with Crippen molar-refractivity contribution in [3.05, 3.63) is 81.0 Å². The number of nitrogens with zero attached hydrogens (tertiary/aromatic N) is 2. The molecule has 2 atom stereocenters. The van der Waals surface area contributed by atoms with E-state index in [4.69, 9.17) is 0 Å². The second-order valence-electron chi connectivity index (χ2n) is 6.85. The van der Waals surface area contributed by atoms with Crippen LogP contribution in [0.1, 0.15) is 38.8 Å². The van der Waals surface area contributed by atoms with Gasteiger partial charge in [-0.25, -0.2) is 4.79 Å². The van der Waals surface area contributed by atoms with Gasteiger partial charge in [-0.3, -0.25) is 18.7 Å². The minimum Gasteiger partial charge on any atom is -0.352 e. The SMILES string of the molecule is CC[C@H](C)NC(=O)[C@@H](c1ccccc1)n1c(=O)n(CC)c(=O)c2ccccc21. The van der Waals surface area contributed by atoms with Crippen molar-refractivity contribution in [3.8, 4) is 0 Å². The molecule has 0 saturated heterocycles. The quantitative estimate of drug-likeness (QED) is 0.716. The molecule has 28 heavy (non-hydrogen) atoms. The fourth-order valence-electron chi connectivity index (χ4n) is 3.34. The van der Waals surface area contributed by atoms with Crippen molar-refractivity contribution < 1.29 is 4.79 Å². The minimum absolute atomic E-state index is 0.0299. The van der Waals surface area contributed by atoms with Crippen molar-refractivity contribution >= 4 is 16.8 Å². The Balaban J connectivity index is 2.35. The Morgan fingerprint density at radius 3 is 2.29 bits per heavy atom. The molecule has 146 valence electrons. The Labute approximate surface area is 163 Å². The van der Waals surface area contributed by atoms with Crippen molar-refractivity contribution in [2.75, 3.05) is 0 Å². The second-order valence-corrected chi connectivity index (χ2v) is 6.85. The van der Waals surface area contributed by atoms with E-state index in [9.17, 15) is 14.4 Å². The molecule has 0 unspecified atom stereocenters. The van der Waals surface area contributed by atoms with E-state index in [0.29, 0.717) is 16.5 Å². The van der Waals surface area contributed by atoms with Crippen LogP contribution in [-0.2, 0) is 11.3 Å². The molecule has 6 heteroatoms. The summed E-state index contributed by atoms with van der Waals surface area (Å²) in [5.41, 5.74) is 0.320. The number of amides is 1. The molecule has 6 nitrogen and oxygen atoms in total. The predicted octanol–water partition coefficient (Wildman–Crippen LogP) is 2.69. The number of benzene rings is 2. The molecule has 1 amide bonds. The van der Waals surface area contributed by atoms with Gasteiger partial charge in [0.25, 0.3) is 5.56 Å². The van der Waals surface area contributed by atoms with Crippen LogP contribution in [0.25, 0.3) is 10.9 Å². The number of para-hydroxylation sites is 1. The van der Waals surface area contributed by atoms with Gasteiger partial charge in [0.1, 0.15) is 6.04 Å². The molecule has 1 heterocycles. The number of carbonyl (C=O) groups excluding carboxylic acids is 1. The highest BCUT2D eigenvalue weighted by Gasteiger charge is 2.27. The molecular weight excluding hydrogens is 354 g/mol. The smallest absolute Gasteiger partial charge is 0.332 e. The number of carbonyl (C=O) groups is 1. The molecule has 1 N–H and O–H groups in total. The van der Waals surface area contributed by atoms with Crippen LogP contribution < -0.4 is 16.6 Å². The van der Waals surface area contributed by atoms with Crippen LogP contribution in [0, 0.1) is 0 Å². The summed E-state index contributed by atoms with van der Waals surface area (Å²) in [4.78, 5) is 39.2. The summed E-state index contributed by atoms with van der Waals surface area (Å²) in [7, 11) is 0. The molecule has 0 aliphatic rings. The monoisotopic (exact) mass is 379 g/mol. The van der Waals surface area contributed by atoms with Gasteiger partial charge >= 0.3 is 5.69 Å². The van der Waals surface area contributed by atoms with Gasteiger partial charge in [0.2, 0.25) is 5.91 Å². The van der Waals surface area contributed by atoms with E-state index in [1.54, 1.807) is 31.2 Å².